The normalized spacial score (nSPS) is 13.1. The highest BCUT2D eigenvalue weighted by Crippen LogP contribution is 2.16. The van der Waals surface area contributed by atoms with Crippen LogP contribution in [0.2, 0.25) is 0 Å². The van der Waals surface area contributed by atoms with Gasteiger partial charge < -0.3 is 23.8 Å². The van der Waals surface area contributed by atoms with Crippen molar-refractivity contribution in [1.82, 2.24) is 0 Å². The summed E-state index contributed by atoms with van der Waals surface area (Å²) in [4.78, 5) is 37.2. The molecule has 8 nitrogen and oxygen atoms in total. The molecule has 0 rings (SSSR count). The molecule has 0 fully saturated rings. The molecule has 0 amide bonds. The van der Waals surface area contributed by atoms with Crippen molar-refractivity contribution in [2.75, 3.05) is 41.0 Å². The van der Waals surface area contributed by atoms with E-state index in [0.717, 1.165) is 38.5 Å². The molecule has 0 aromatic carbocycles. The molecule has 0 saturated carbocycles. The monoisotopic (exact) mass is 917 g/mol. The van der Waals surface area contributed by atoms with Crippen LogP contribution in [-0.4, -0.2) is 80.6 Å². The Balaban J connectivity index is 4.19. The number of carboxylic acid groups (broad SMARTS) is 1. The summed E-state index contributed by atoms with van der Waals surface area (Å²) in [6.07, 6.45) is 57.7. The van der Waals surface area contributed by atoms with Crippen molar-refractivity contribution in [3.63, 3.8) is 0 Å². The SMILES string of the molecule is CCCCC/C=C/C=C/CCCCCCCCCCCCC(=O)OC(COCCC(C(=O)O)[N+](C)(C)C)COC(=O)CCCCCCCCC/C=C/CCCCCCCCCCCCC. The van der Waals surface area contributed by atoms with Crippen molar-refractivity contribution in [3.05, 3.63) is 36.5 Å². The van der Waals surface area contributed by atoms with Gasteiger partial charge in [0.05, 0.1) is 34.4 Å². The molecule has 0 radical (unpaired) electrons. The molecule has 2 unspecified atom stereocenters. The van der Waals surface area contributed by atoms with Crippen LogP contribution in [-0.2, 0) is 28.6 Å². The maximum absolute atomic E-state index is 12.8. The van der Waals surface area contributed by atoms with Crippen molar-refractivity contribution in [2.24, 2.45) is 0 Å². The van der Waals surface area contributed by atoms with Crippen LogP contribution < -0.4 is 0 Å². The van der Waals surface area contributed by atoms with Gasteiger partial charge in [0, 0.05) is 19.3 Å². The minimum Gasteiger partial charge on any atom is -0.477 e. The van der Waals surface area contributed by atoms with Gasteiger partial charge in [0.15, 0.2) is 12.1 Å². The molecule has 8 heteroatoms. The van der Waals surface area contributed by atoms with E-state index >= 15 is 0 Å². The molecule has 0 spiro atoms. The molecule has 0 saturated heterocycles. The van der Waals surface area contributed by atoms with Gasteiger partial charge in [0.2, 0.25) is 0 Å². The summed E-state index contributed by atoms with van der Waals surface area (Å²) in [6.45, 7) is 4.74. The fourth-order valence-electron chi connectivity index (χ4n) is 8.26. The van der Waals surface area contributed by atoms with Gasteiger partial charge in [0.1, 0.15) is 6.61 Å². The lowest BCUT2D eigenvalue weighted by atomic mass is 10.0. The number of carbonyl (C=O) groups excluding carboxylic acids is 2. The number of unbranched alkanes of at least 4 members (excludes halogenated alkanes) is 31. The van der Waals surface area contributed by atoms with Crippen molar-refractivity contribution in [1.29, 1.82) is 0 Å². The van der Waals surface area contributed by atoms with E-state index in [2.05, 4.69) is 50.3 Å². The van der Waals surface area contributed by atoms with Crippen LogP contribution in [0.25, 0.3) is 0 Å². The smallest absolute Gasteiger partial charge is 0.362 e. The third kappa shape index (κ3) is 46.4. The number of hydrogen-bond donors (Lipinski definition) is 1. The van der Waals surface area contributed by atoms with E-state index in [-0.39, 0.29) is 36.2 Å². The van der Waals surface area contributed by atoms with Crippen LogP contribution in [0.4, 0.5) is 0 Å². The van der Waals surface area contributed by atoms with Crippen LogP contribution in [0.15, 0.2) is 36.5 Å². The lowest BCUT2D eigenvalue weighted by Crippen LogP contribution is -2.50. The number of quaternary nitrogens is 1. The van der Waals surface area contributed by atoms with Gasteiger partial charge in [-0.1, -0.05) is 211 Å². The third-order valence-electron chi connectivity index (χ3n) is 12.5. The number of likely N-dealkylation sites (N-methyl/N-ethyl adjacent to an activating group) is 1. The number of aliphatic carboxylic acids is 1. The fraction of sp³-hybridized carbons (Fsp3) is 0.842. The number of carbonyl (C=O) groups is 3. The van der Waals surface area contributed by atoms with E-state index in [0.29, 0.717) is 19.3 Å². The van der Waals surface area contributed by atoms with E-state index in [1.54, 1.807) is 0 Å². The van der Waals surface area contributed by atoms with Crippen molar-refractivity contribution in [3.8, 4) is 0 Å². The Morgan fingerprint density at radius 3 is 1.23 bits per heavy atom. The molecule has 0 aliphatic heterocycles. The average molecular weight is 917 g/mol. The van der Waals surface area contributed by atoms with Gasteiger partial charge in [-0.05, 0) is 64.2 Å². The summed E-state index contributed by atoms with van der Waals surface area (Å²) in [5.74, 6) is -1.46. The summed E-state index contributed by atoms with van der Waals surface area (Å²) < 4.78 is 17.4. The molecule has 0 bridgehead atoms. The first-order valence-electron chi connectivity index (χ1n) is 27.5. The Morgan fingerprint density at radius 1 is 0.462 bits per heavy atom. The molecule has 0 aliphatic rings. The molecule has 65 heavy (non-hydrogen) atoms. The van der Waals surface area contributed by atoms with Crippen molar-refractivity contribution >= 4 is 17.9 Å². The standard InChI is InChI=1S/C57H105NO7/c1-6-8-10-12-14-16-18-20-22-24-26-27-28-30-31-33-35-37-39-41-43-45-47-55(59)64-52-53(51-63-50-49-54(57(61)62)58(3,4)5)65-56(60)48-46-44-42-40-38-36-34-32-29-25-23-21-19-17-15-13-11-9-7-2/h15,17,19,21,28,30,53-54H,6-14,16,18,20,22-27,29,31-52H2,1-5H3/p+1/b17-15+,21-19+,30-28+. The highest BCUT2D eigenvalue weighted by Gasteiger charge is 2.31. The minimum atomic E-state index is -0.874. The summed E-state index contributed by atoms with van der Waals surface area (Å²) in [5, 5.41) is 9.67. The summed E-state index contributed by atoms with van der Waals surface area (Å²) in [7, 11) is 5.54. The Bertz CT molecular complexity index is 1160. The van der Waals surface area contributed by atoms with Gasteiger partial charge in [-0.2, -0.15) is 0 Å². The van der Waals surface area contributed by atoms with Crippen molar-refractivity contribution in [2.45, 2.75) is 270 Å². The minimum absolute atomic E-state index is 0.0523. The first-order valence-corrected chi connectivity index (χ1v) is 27.5. The fourth-order valence-corrected chi connectivity index (χ4v) is 8.26. The number of rotatable bonds is 50. The number of carboxylic acids is 1. The first-order chi connectivity index (χ1) is 31.6. The van der Waals surface area contributed by atoms with Crippen LogP contribution in [0, 0.1) is 0 Å². The molecule has 380 valence electrons. The second kappa shape index (κ2) is 48.0. The van der Waals surface area contributed by atoms with Gasteiger partial charge in [-0.25, -0.2) is 4.79 Å². The maximum Gasteiger partial charge on any atom is 0.362 e. The van der Waals surface area contributed by atoms with Crippen LogP contribution in [0.3, 0.4) is 0 Å². The number of nitrogens with zero attached hydrogens (tertiary/aromatic N) is 1. The second-order valence-corrected chi connectivity index (χ2v) is 19.9. The largest absolute Gasteiger partial charge is 0.477 e. The average Bonchev–Trinajstić information content (AvgIpc) is 3.27. The lowest BCUT2D eigenvalue weighted by molar-refractivity contribution is -0.887. The lowest BCUT2D eigenvalue weighted by Gasteiger charge is -2.31. The van der Waals surface area contributed by atoms with Crippen LogP contribution >= 0.6 is 0 Å². The third-order valence-corrected chi connectivity index (χ3v) is 12.5. The molecular weight excluding hydrogens is 811 g/mol. The zero-order valence-electron chi connectivity index (χ0n) is 43.5. The number of esters is 2. The Labute approximate surface area is 402 Å². The van der Waals surface area contributed by atoms with E-state index < -0.39 is 18.1 Å². The Kier molecular flexibility index (Phi) is 46.2. The molecule has 2 atom stereocenters. The van der Waals surface area contributed by atoms with Gasteiger partial charge >= 0.3 is 17.9 Å². The van der Waals surface area contributed by atoms with Crippen LogP contribution in [0.1, 0.15) is 258 Å². The highest BCUT2D eigenvalue weighted by atomic mass is 16.6. The molecule has 1 N–H and O–H groups in total. The van der Waals surface area contributed by atoms with E-state index in [4.69, 9.17) is 14.2 Å². The molecule has 0 heterocycles. The Morgan fingerprint density at radius 2 is 0.815 bits per heavy atom. The predicted molar refractivity (Wildman–Crippen MR) is 275 cm³/mol. The van der Waals surface area contributed by atoms with E-state index in [1.807, 2.05) is 21.1 Å². The van der Waals surface area contributed by atoms with Crippen LogP contribution in [0.5, 0.6) is 0 Å². The number of ether oxygens (including phenoxy) is 3. The van der Waals surface area contributed by atoms with Crippen molar-refractivity contribution < 1.29 is 38.2 Å². The highest BCUT2D eigenvalue weighted by molar-refractivity contribution is 5.72. The summed E-state index contributed by atoms with van der Waals surface area (Å²) >= 11 is 0. The topological polar surface area (TPSA) is 99.1 Å². The number of allylic oxidation sites excluding steroid dienone is 6. The maximum atomic E-state index is 12.8. The van der Waals surface area contributed by atoms with Gasteiger partial charge in [0.25, 0.3) is 0 Å². The summed E-state index contributed by atoms with van der Waals surface area (Å²) in [6, 6.07) is -0.616. The molecule has 0 aromatic rings. The van der Waals surface area contributed by atoms with Gasteiger partial charge in [-0.3, -0.25) is 9.59 Å². The second-order valence-electron chi connectivity index (χ2n) is 19.9. The molecular formula is C57H106NO7+. The molecule has 0 aromatic heterocycles. The molecule has 0 aliphatic carbocycles. The van der Waals surface area contributed by atoms with Gasteiger partial charge in [-0.15, -0.1) is 0 Å². The van der Waals surface area contributed by atoms with E-state index in [9.17, 15) is 19.5 Å². The van der Waals surface area contributed by atoms with E-state index in [1.165, 1.54) is 186 Å². The Hall–Kier alpha value is -2.45. The zero-order chi connectivity index (χ0) is 47.7. The number of hydrogen-bond acceptors (Lipinski definition) is 6. The predicted octanol–water partition coefficient (Wildman–Crippen LogP) is 16.1. The quantitative estimate of drug-likeness (QED) is 0.0213. The zero-order valence-corrected chi connectivity index (χ0v) is 43.5. The first kappa shape index (κ1) is 62.5. The summed E-state index contributed by atoms with van der Waals surface area (Å²) in [5.41, 5.74) is 0.